The van der Waals surface area contributed by atoms with Gasteiger partial charge >= 0.3 is 0 Å². The van der Waals surface area contributed by atoms with Gasteiger partial charge in [-0.3, -0.25) is 0 Å². The van der Waals surface area contributed by atoms with Gasteiger partial charge in [0.2, 0.25) is 0 Å². The number of nitrogens with zero attached hydrogens (tertiary/aromatic N) is 1. The molecule has 2 aliphatic rings. The molecule has 1 aliphatic carbocycles. The second-order valence-corrected chi connectivity index (χ2v) is 6.34. The highest BCUT2D eigenvalue weighted by atomic mass is 79.9. The lowest BCUT2D eigenvalue weighted by atomic mass is 9.85. The Balaban J connectivity index is 1.60. The molecule has 114 valence electrons. The number of hydrogen-bond acceptors (Lipinski definition) is 3. The molecule has 1 heterocycles. The van der Waals surface area contributed by atoms with Crippen molar-refractivity contribution < 1.29 is 9.47 Å². The van der Waals surface area contributed by atoms with E-state index in [0.717, 1.165) is 34.0 Å². The summed E-state index contributed by atoms with van der Waals surface area (Å²) < 4.78 is 12.1. The van der Waals surface area contributed by atoms with Crippen LogP contribution in [0.25, 0.3) is 0 Å². The topological polar surface area (TPSA) is 68.9 Å². The van der Waals surface area contributed by atoms with E-state index in [1.54, 1.807) is 0 Å². The number of hydrogen-bond donors (Lipinski definition) is 2. The Morgan fingerprint density at radius 2 is 2.14 bits per heavy atom. The van der Waals surface area contributed by atoms with Crippen molar-refractivity contribution in [2.24, 2.45) is 16.6 Å². The summed E-state index contributed by atoms with van der Waals surface area (Å²) in [5.41, 5.74) is 6.94. The summed E-state index contributed by atoms with van der Waals surface area (Å²) in [4.78, 5) is 4.38. The first-order chi connectivity index (χ1) is 10.2. The molecular weight excluding hydrogens is 334 g/mol. The molecule has 1 aliphatic heterocycles. The first-order valence-corrected chi connectivity index (χ1v) is 8.13. The van der Waals surface area contributed by atoms with Crippen LogP contribution in [0.15, 0.2) is 21.6 Å². The molecule has 0 aromatic heterocycles. The number of fused-ring (bicyclic) bond motifs is 1. The third-order valence-electron chi connectivity index (χ3n) is 3.89. The predicted octanol–water partition coefficient (Wildman–Crippen LogP) is 2.42. The Morgan fingerprint density at radius 1 is 1.33 bits per heavy atom. The Bertz CT molecular complexity index is 544. The molecule has 1 saturated carbocycles. The fraction of sp³-hybridized carbons (Fsp3) is 0.533. The molecule has 0 unspecified atom stereocenters. The lowest BCUT2D eigenvalue weighted by molar-refractivity contribution is 0.170. The van der Waals surface area contributed by atoms with Crippen molar-refractivity contribution in [1.82, 2.24) is 5.32 Å². The van der Waals surface area contributed by atoms with Gasteiger partial charge in [-0.15, -0.1) is 0 Å². The van der Waals surface area contributed by atoms with Crippen molar-refractivity contribution in [2.75, 3.05) is 19.8 Å². The molecule has 1 fully saturated rings. The molecule has 0 atom stereocenters. The molecule has 0 bridgehead atoms. The maximum Gasteiger partial charge on any atom is 0.188 e. The molecule has 1 aromatic rings. The molecule has 3 rings (SSSR count). The van der Waals surface area contributed by atoms with Crippen LogP contribution in [0.2, 0.25) is 0 Å². The lowest BCUT2D eigenvalue weighted by Gasteiger charge is -2.25. The zero-order valence-corrected chi connectivity index (χ0v) is 13.5. The van der Waals surface area contributed by atoms with E-state index in [0.29, 0.717) is 25.7 Å². The Kier molecular flexibility index (Phi) is 4.53. The van der Waals surface area contributed by atoms with E-state index in [9.17, 15) is 0 Å². The van der Waals surface area contributed by atoms with E-state index in [1.807, 2.05) is 12.1 Å². The fourth-order valence-electron chi connectivity index (χ4n) is 2.43. The molecule has 6 heteroatoms. The summed E-state index contributed by atoms with van der Waals surface area (Å²) >= 11 is 3.51. The molecule has 1 aromatic carbocycles. The van der Waals surface area contributed by atoms with E-state index >= 15 is 0 Å². The van der Waals surface area contributed by atoms with Crippen molar-refractivity contribution in [3.8, 4) is 11.5 Å². The quantitative estimate of drug-likeness (QED) is 0.644. The monoisotopic (exact) mass is 353 g/mol. The molecular formula is C15H20BrN3O2. The van der Waals surface area contributed by atoms with Crippen molar-refractivity contribution in [1.29, 1.82) is 0 Å². The highest BCUT2D eigenvalue weighted by Gasteiger charge is 2.17. The van der Waals surface area contributed by atoms with Crippen LogP contribution in [0.3, 0.4) is 0 Å². The average Bonchev–Trinajstić information content (AvgIpc) is 2.43. The minimum atomic E-state index is 0.507. The highest BCUT2D eigenvalue weighted by Crippen LogP contribution is 2.38. The number of rotatable bonds is 4. The Morgan fingerprint density at radius 3 is 2.90 bits per heavy atom. The summed E-state index contributed by atoms with van der Waals surface area (Å²) in [5.74, 6) is 2.81. The summed E-state index contributed by atoms with van der Waals surface area (Å²) in [6.07, 6.45) is 3.94. The summed E-state index contributed by atoms with van der Waals surface area (Å²) in [6, 6.07) is 3.96. The molecule has 21 heavy (non-hydrogen) atoms. The number of ether oxygens (including phenoxy) is 2. The fourth-order valence-corrected chi connectivity index (χ4v) is 3.04. The summed E-state index contributed by atoms with van der Waals surface area (Å²) in [5, 5.41) is 3.19. The van der Waals surface area contributed by atoms with Crippen molar-refractivity contribution in [3.05, 3.63) is 22.2 Å². The second-order valence-electron chi connectivity index (χ2n) is 5.48. The van der Waals surface area contributed by atoms with Gasteiger partial charge in [0.1, 0.15) is 13.2 Å². The van der Waals surface area contributed by atoms with Crippen LogP contribution >= 0.6 is 15.9 Å². The zero-order valence-electron chi connectivity index (χ0n) is 11.9. The third-order valence-corrected chi connectivity index (χ3v) is 4.47. The average molecular weight is 354 g/mol. The van der Waals surface area contributed by atoms with Gasteiger partial charge in [-0.1, -0.05) is 6.42 Å². The van der Waals surface area contributed by atoms with Gasteiger partial charge in [0.25, 0.3) is 0 Å². The van der Waals surface area contributed by atoms with E-state index in [1.165, 1.54) is 19.3 Å². The zero-order chi connectivity index (χ0) is 14.7. The molecule has 3 N–H and O–H groups in total. The molecule has 0 saturated heterocycles. The van der Waals surface area contributed by atoms with Gasteiger partial charge < -0.3 is 20.5 Å². The third kappa shape index (κ3) is 3.61. The highest BCUT2D eigenvalue weighted by molar-refractivity contribution is 9.10. The molecule has 0 spiro atoms. The Hall–Kier alpha value is -1.43. The van der Waals surface area contributed by atoms with Crippen LogP contribution in [0, 0.1) is 5.92 Å². The van der Waals surface area contributed by atoms with Crippen LogP contribution in [-0.2, 0) is 6.54 Å². The van der Waals surface area contributed by atoms with Gasteiger partial charge in [-0.25, -0.2) is 4.99 Å². The van der Waals surface area contributed by atoms with Crippen molar-refractivity contribution >= 4 is 21.9 Å². The van der Waals surface area contributed by atoms with Crippen LogP contribution in [0.5, 0.6) is 11.5 Å². The minimum Gasteiger partial charge on any atom is -0.486 e. The number of benzene rings is 1. The van der Waals surface area contributed by atoms with E-state index < -0.39 is 0 Å². The summed E-state index contributed by atoms with van der Waals surface area (Å²) in [6.45, 7) is 2.62. The molecule has 0 amide bonds. The number of halogens is 1. The standard InChI is InChI=1S/C15H20BrN3O2/c16-12-6-11(7-13-14(12)21-5-4-20-13)9-19-15(17)18-8-10-2-1-3-10/h6-7,10H,1-5,8-9H2,(H3,17,18,19). The SMILES string of the molecule is NC(=NCc1cc(Br)c2c(c1)OCCO2)NCC1CCC1. The molecule has 0 radical (unpaired) electrons. The van der Waals surface area contributed by atoms with E-state index in [-0.39, 0.29) is 0 Å². The van der Waals surface area contributed by atoms with Crippen LogP contribution in [0.1, 0.15) is 24.8 Å². The van der Waals surface area contributed by atoms with Crippen molar-refractivity contribution in [2.45, 2.75) is 25.8 Å². The van der Waals surface area contributed by atoms with Gasteiger partial charge in [0, 0.05) is 6.54 Å². The number of guanidine groups is 1. The van der Waals surface area contributed by atoms with Gasteiger partial charge in [0.15, 0.2) is 17.5 Å². The maximum absolute atomic E-state index is 5.90. The minimum absolute atomic E-state index is 0.507. The first kappa shape index (κ1) is 14.5. The largest absolute Gasteiger partial charge is 0.486 e. The van der Waals surface area contributed by atoms with Crippen LogP contribution in [0.4, 0.5) is 0 Å². The van der Waals surface area contributed by atoms with Crippen molar-refractivity contribution in [3.63, 3.8) is 0 Å². The number of nitrogens with two attached hydrogens (primary N) is 1. The van der Waals surface area contributed by atoms with Crippen LogP contribution < -0.4 is 20.5 Å². The first-order valence-electron chi connectivity index (χ1n) is 7.34. The molecule has 5 nitrogen and oxygen atoms in total. The number of aliphatic imine (C=N–C) groups is 1. The lowest BCUT2D eigenvalue weighted by Crippen LogP contribution is -2.37. The van der Waals surface area contributed by atoms with Gasteiger partial charge in [-0.05, 0) is 52.4 Å². The van der Waals surface area contributed by atoms with E-state index in [4.69, 9.17) is 15.2 Å². The number of nitrogens with one attached hydrogen (secondary N) is 1. The maximum atomic E-state index is 5.90. The Labute approximate surface area is 133 Å². The van der Waals surface area contributed by atoms with E-state index in [2.05, 4.69) is 26.2 Å². The predicted molar refractivity (Wildman–Crippen MR) is 85.8 cm³/mol. The summed E-state index contributed by atoms with van der Waals surface area (Å²) in [7, 11) is 0. The normalized spacial score (nSPS) is 18.2. The smallest absolute Gasteiger partial charge is 0.188 e. The van der Waals surface area contributed by atoms with Gasteiger partial charge in [0.05, 0.1) is 11.0 Å². The van der Waals surface area contributed by atoms with Gasteiger partial charge in [-0.2, -0.15) is 0 Å². The second kappa shape index (κ2) is 6.56. The van der Waals surface area contributed by atoms with Crippen LogP contribution in [-0.4, -0.2) is 25.7 Å².